The quantitative estimate of drug-likeness (QED) is 0.527. The average Bonchev–Trinajstić information content (AvgIpc) is 2.81. The molecule has 0 saturated carbocycles. The number of hydrogen-bond acceptors (Lipinski definition) is 5. The van der Waals surface area contributed by atoms with Crippen LogP contribution >= 0.6 is 11.6 Å². The van der Waals surface area contributed by atoms with Crippen molar-refractivity contribution < 1.29 is 27.1 Å². The van der Waals surface area contributed by atoms with E-state index < -0.39 is 22.0 Å². The predicted octanol–water partition coefficient (Wildman–Crippen LogP) is 3.90. The number of fused-ring (bicyclic) bond motifs is 1. The Labute approximate surface area is 202 Å². The van der Waals surface area contributed by atoms with E-state index in [1.807, 2.05) is 12.1 Å². The van der Waals surface area contributed by atoms with E-state index in [4.69, 9.17) is 21.1 Å². The number of carbonyl (C=O) groups is 1. The topological polar surface area (TPSA) is 84.9 Å². The molecule has 1 aliphatic rings. The van der Waals surface area contributed by atoms with Gasteiger partial charge in [-0.25, -0.2) is 12.8 Å². The first-order valence-corrected chi connectivity index (χ1v) is 12.6. The van der Waals surface area contributed by atoms with E-state index in [1.165, 1.54) is 18.2 Å². The van der Waals surface area contributed by atoms with Crippen molar-refractivity contribution in [3.8, 4) is 11.5 Å². The molecule has 0 spiro atoms. The Morgan fingerprint density at radius 1 is 1.12 bits per heavy atom. The van der Waals surface area contributed by atoms with E-state index in [-0.39, 0.29) is 24.7 Å². The Bertz CT molecular complexity index is 1280. The number of benzene rings is 3. The number of halogens is 2. The van der Waals surface area contributed by atoms with Gasteiger partial charge in [0.1, 0.15) is 23.9 Å². The fourth-order valence-electron chi connectivity index (χ4n) is 3.43. The van der Waals surface area contributed by atoms with E-state index >= 15 is 0 Å². The van der Waals surface area contributed by atoms with Crippen LogP contribution in [0.4, 0.5) is 10.1 Å². The van der Waals surface area contributed by atoms with E-state index in [2.05, 4.69) is 5.32 Å². The molecule has 7 nitrogen and oxygen atoms in total. The third kappa shape index (κ3) is 5.78. The number of anilines is 1. The minimum Gasteiger partial charge on any atom is -0.489 e. The second-order valence-corrected chi connectivity index (χ2v) is 10.1. The maximum absolute atomic E-state index is 13.0. The molecule has 4 rings (SSSR count). The predicted molar refractivity (Wildman–Crippen MR) is 127 cm³/mol. The van der Waals surface area contributed by atoms with Gasteiger partial charge in [0.2, 0.25) is 10.0 Å². The van der Waals surface area contributed by atoms with Crippen molar-refractivity contribution in [2.45, 2.75) is 19.3 Å². The van der Waals surface area contributed by atoms with Gasteiger partial charge in [-0.1, -0.05) is 35.9 Å². The van der Waals surface area contributed by atoms with Crippen LogP contribution in [-0.4, -0.2) is 33.2 Å². The number of hydrogen-bond donors (Lipinski definition) is 1. The zero-order valence-corrected chi connectivity index (χ0v) is 19.8. The third-order valence-electron chi connectivity index (χ3n) is 5.19. The van der Waals surface area contributed by atoms with E-state index in [0.717, 1.165) is 21.7 Å². The van der Waals surface area contributed by atoms with Crippen LogP contribution in [0.25, 0.3) is 0 Å². The number of sulfonamides is 1. The fourth-order valence-corrected chi connectivity index (χ4v) is 4.50. The van der Waals surface area contributed by atoms with Gasteiger partial charge in [-0.2, -0.15) is 0 Å². The Morgan fingerprint density at radius 3 is 2.47 bits per heavy atom. The molecule has 34 heavy (non-hydrogen) atoms. The summed E-state index contributed by atoms with van der Waals surface area (Å²) in [6, 6.07) is 17.8. The highest BCUT2D eigenvalue weighted by atomic mass is 35.5. The number of rotatable bonds is 7. The molecule has 0 saturated heterocycles. The molecule has 0 aromatic heterocycles. The second kappa shape index (κ2) is 9.90. The lowest BCUT2D eigenvalue weighted by Gasteiger charge is -2.34. The van der Waals surface area contributed by atoms with Crippen molar-refractivity contribution >= 4 is 33.2 Å². The molecule has 0 unspecified atom stereocenters. The zero-order valence-electron chi connectivity index (χ0n) is 18.2. The molecule has 3 aromatic rings. The highest BCUT2D eigenvalue weighted by Crippen LogP contribution is 2.37. The summed E-state index contributed by atoms with van der Waals surface area (Å²) in [5.41, 5.74) is 1.97. The van der Waals surface area contributed by atoms with Gasteiger partial charge in [-0.05, 0) is 53.6 Å². The molecular formula is C24H22ClFN2O5S. The van der Waals surface area contributed by atoms with Gasteiger partial charge in [0.15, 0.2) is 6.10 Å². The highest BCUT2D eigenvalue weighted by Gasteiger charge is 2.35. The highest BCUT2D eigenvalue weighted by molar-refractivity contribution is 7.92. The van der Waals surface area contributed by atoms with Crippen LogP contribution in [0.2, 0.25) is 5.02 Å². The molecule has 1 N–H and O–H groups in total. The molecule has 3 aromatic carbocycles. The van der Waals surface area contributed by atoms with Crippen molar-refractivity contribution in [3.05, 3.63) is 88.7 Å². The lowest BCUT2D eigenvalue weighted by atomic mass is 10.2. The van der Waals surface area contributed by atoms with E-state index in [9.17, 15) is 17.6 Å². The van der Waals surface area contributed by atoms with Crippen molar-refractivity contribution in [2.75, 3.05) is 17.1 Å². The maximum atomic E-state index is 13.0. The summed E-state index contributed by atoms with van der Waals surface area (Å²) in [7, 11) is -3.64. The van der Waals surface area contributed by atoms with Crippen molar-refractivity contribution in [1.82, 2.24) is 5.32 Å². The number of carbonyl (C=O) groups excluding carboxylic acids is 1. The van der Waals surface area contributed by atoms with Crippen molar-refractivity contribution in [1.29, 1.82) is 0 Å². The molecule has 0 fully saturated rings. The van der Waals surface area contributed by atoms with Crippen LogP contribution in [0.5, 0.6) is 11.5 Å². The Hall–Kier alpha value is -3.30. The summed E-state index contributed by atoms with van der Waals surface area (Å²) in [5.74, 6) is 0.162. The molecule has 1 aliphatic heterocycles. The lowest BCUT2D eigenvalue weighted by Crippen LogP contribution is -2.50. The summed E-state index contributed by atoms with van der Waals surface area (Å²) in [4.78, 5) is 12.7. The fraction of sp³-hybridized carbons (Fsp3) is 0.208. The maximum Gasteiger partial charge on any atom is 0.263 e. The molecule has 1 heterocycles. The standard InChI is InChI=1S/C24H22ClFN2O5S/c1-34(30,31)28-14-23(33-22-11-6-18(25)12-21(22)28)24(29)27-13-16-4-9-20(10-5-16)32-15-17-2-7-19(26)8-3-17/h2-12,23H,13-15H2,1H3,(H,27,29)/t23-/m1/s1. The van der Waals surface area contributed by atoms with Gasteiger partial charge < -0.3 is 14.8 Å². The second-order valence-electron chi connectivity index (χ2n) is 7.79. The number of ether oxygens (including phenoxy) is 2. The van der Waals surface area contributed by atoms with E-state index in [0.29, 0.717) is 23.1 Å². The first-order chi connectivity index (χ1) is 16.2. The smallest absolute Gasteiger partial charge is 0.263 e. The van der Waals surface area contributed by atoms with Gasteiger partial charge >= 0.3 is 0 Å². The number of nitrogens with one attached hydrogen (secondary N) is 1. The van der Waals surface area contributed by atoms with E-state index in [1.54, 1.807) is 36.4 Å². The van der Waals surface area contributed by atoms with Crippen LogP contribution < -0.4 is 19.1 Å². The Balaban J connectivity index is 1.35. The van der Waals surface area contributed by atoms with Crippen molar-refractivity contribution in [3.63, 3.8) is 0 Å². The summed E-state index contributed by atoms with van der Waals surface area (Å²) in [6.45, 7) is 0.371. The molecular weight excluding hydrogens is 483 g/mol. The van der Waals surface area contributed by atoms with Gasteiger partial charge in [0, 0.05) is 11.6 Å². The van der Waals surface area contributed by atoms with Crippen LogP contribution in [0, 0.1) is 5.82 Å². The summed E-state index contributed by atoms with van der Waals surface area (Å²) >= 11 is 6.00. The summed E-state index contributed by atoms with van der Waals surface area (Å²) in [6.07, 6.45) is 0.0548. The van der Waals surface area contributed by atoms with Gasteiger partial charge in [0.05, 0.1) is 18.5 Å². The molecule has 0 radical (unpaired) electrons. The van der Waals surface area contributed by atoms with Crippen molar-refractivity contribution in [2.24, 2.45) is 0 Å². The summed E-state index contributed by atoms with van der Waals surface area (Å²) < 4.78 is 50.1. The Kier molecular flexibility index (Phi) is 6.95. The summed E-state index contributed by atoms with van der Waals surface area (Å²) in [5, 5.41) is 3.14. The monoisotopic (exact) mass is 504 g/mol. The zero-order chi connectivity index (χ0) is 24.3. The first-order valence-electron chi connectivity index (χ1n) is 10.4. The SMILES string of the molecule is CS(=O)(=O)N1C[C@H](C(=O)NCc2ccc(OCc3ccc(F)cc3)cc2)Oc2ccc(Cl)cc21. The minimum absolute atomic E-state index is 0.159. The average molecular weight is 505 g/mol. The van der Waals surface area contributed by atoms with Gasteiger partial charge in [0.25, 0.3) is 5.91 Å². The lowest BCUT2D eigenvalue weighted by molar-refractivity contribution is -0.127. The molecule has 0 bridgehead atoms. The normalized spacial score (nSPS) is 15.3. The largest absolute Gasteiger partial charge is 0.489 e. The van der Waals surface area contributed by atoms with Crippen LogP contribution in [0.1, 0.15) is 11.1 Å². The van der Waals surface area contributed by atoms with Crippen LogP contribution in [0.15, 0.2) is 66.7 Å². The Morgan fingerprint density at radius 2 is 1.79 bits per heavy atom. The molecule has 1 atom stereocenters. The number of nitrogens with zero attached hydrogens (tertiary/aromatic N) is 1. The number of amides is 1. The molecule has 0 aliphatic carbocycles. The van der Waals surface area contributed by atoms with Crippen LogP contribution in [0.3, 0.4) is 0 Å². The minimum atomic E-state index is -3.64. The molecule has 10 heteroatoms. The van der Waals surface area contributed by atoms with Gasteiger partial charge in [-0.15, -0.1) is 0 Å². The first kappa shape index (κ1) is 23.8. The molecule has 1 amide bonds. The molecule has 178 valence electrons. The van der Waals surface area contributed by atoms with Gasteiger partial charge in [-0.3, -0.25) is 9.10 Å². The van der Waals surface area contributed by atoms with Crippen LogP contribution in [-0.2, 0) is 28.0 Å². The third-order valence-corrected chi connectivity index (χ3v) is 6.57.